The largest absolute Gasteiger partial charge is 0.481 e. The first-order valence-corrected chi connectivity index (χ1v) is 11.4. The van der Waals surface area contributed by atoms with Gasteiger partial charge in [0.25, 0.3) is 5.91 Å². The van der Waals surface area contributed by atoms with Crippen LogP contribution in [0, 0.1) is 12.3 Å². The molecule has 2 N–H and O–H groups in total. The van der Waals surface area contributed by atoms with Crippen LogP contribution in [0.25, 0.3) is 22.2 Å². The first kappa shape index (κ1) is 21.0. The number of aromatic nitrogens is 1. The number of nitrogens with zero attached hydrogens (tertiary/aromatic N) is 1. The van der Waals surface area contributed by atoms with Crippen molar-refractivity contribution >= 4 is 34.4 Å². The highest BCUT2D eigenvalue weighted by Crippen LogP contribution is 2.52. The lowest BCUT2D eigenvalue weighted by Gasteiger charge is -2.51. The number of amides is 1. The van der Waals surface area contributed by atoms with E-state index in [0.29, 0.717) is 54.8 Å². The average Bonchev–Trinajstić information content (AvgIpc) is 2.80. The monoisotopic (exact) mass is 448 g/mol. The summed E-state index contributed by atoms with van der Waals surface area (Å²) in [7, 11) is 0. The minimum absolute atomic E-state index is 0.213. The molecule has 3 aromatic rings. The second-order valence-corrected chi connectivity index (χ2v) is 9.73. The van der Waals surface area contributed by atoms with Gasteiger partial charge in [-0.25, -0.2) is 4.98 Å². The van der Waals surface area contributed by atoms with Crippen molar-refractivity contribution in [2.24, 2.45) is 5.41 Å². The normalized spacial score (nSPS) is 24.4. The van der Waals surface area contributed by atoms with Crippen LogP contribution in [0.15, 0.2) is 48.5 Å². The minimum Gasteiger partial charge on any atom is -0.481 e. The van der Waals surface area contributed by atoms with E-state index in [4.69, 9.17) is 16.6 Å². The third-order valence-electron chi connectivity index (χ3n) is 7.43. The number of benzene rings is 2. The van der Waals surface area contributed by atoms with Crippen LogP contribution in [0.3, 0.4) is 0 Å². The van der Waals surface area contributed by atoms with Crippen LogP contribution in [-0.2, 0) is 4.79 Å². The number of aliphatic carboxylic acids is 1. The summed E-state index contributed by atoms with van der Waals surface area (Å²) in [5.41, 5.74) is 2.64. The number of rotatable bonds is 4. The van der Waals surface area contributed by atoms with E-state index in [1.807, 2.05) is 55.5 Å². The molecule has 2 aromatic carbocycles. The van der Waals surface area contributed by atoms with Crippen molar-refractivity contribution in [1.29, 1.82) is 0 Å². The quantitative estimate of drug-likeness (QED) is 0.531. The maximum absolute atomic E-state index is 13.7. The summed E-state index contributed by atoms with van der Waals surface area (Å²) in [6.45, 7) is 1.98. The maximum Gasteiger partial charge on any atom is 0.309 e. The zero-order valence-electron chi connectivity index (χ0n) is 18.0. The third kappa shape index (κ3) is 3.36. The molecule has 6 heteroatoms. The zero-order valence-corrected chi connectivity index (χ0v) is 18.7. The molecular weight excluding hydrogens is 424 g/mol. The van der Waals surface area contributed by atoms with Gasteiger partial charge in [-0.3, -0.25) is 9.59 Å². The molecule has 1 heterocycles. The van der Waals surface area contributed by atoms with Gasteiger partial charge >= 0.3 is 5.97 Å². The predicted octanol–water partition coefficient (Wildman–Crippen LogP) is 5.77. The lowest BCUT2D eigenvalue weighted by molar-refractivity contribution is -0.156. The Bertz CT molecular complexity index is 1210. The number of fused-ring (bicyclic) bond motifs is 4. The summed E-state index contributed by atoms with van der Waals surface area (Å²) < 4.78 is 0. The van der Waals surface area contributed by atoms with Crippen molar-refractivity contribution in [3.63, 3.8) is 0 Å². The van der Waals surface area contributed by atoms with E-state index in [-0.39, 0.29) is 11.4 Å². The Morgan fingerprint density at radius 3 is 2.28 bits per heavy atom. The Morgan fingerprint density at radius 1 is 1.00 bits per heavy atom. The number of nitrogens with one attached hydrogen (secondary N) is 1. The Hall–Kier alpha value is -2.92. The molecule has 2 bridgehead atoms. The van der Waals surface area contributed by atoms with Crippen LogP contribution in [-0.4, -0.2) is 27.5 Å². The SMILES string of the molecule is Cc1ccc2nc(-c3ccccc3)c(Cl)c(C(=O)NC34CCC(C(=O)O)(CC3)CC4)c2c1. The van der Waals surface area contributed by atoms with E-state index in [0.717, 1.165) is 22.0 Å². The average molecular weight is 449 g/mol. The standard InChI is InChI=1S/C26H25ClN2O3/c1-16-7-8-19-18(15-16)20(21(27)22(28-19)17-5-3-2-4-6-17)23(30)29-26-12-9-25(10-13-26,11-14-26)24(31)32/h2-8,15H,9-14H2,1H3,(H,29,30)(H,31,32). The van der Waals surface area contributed by atoms with Gasteiger partial charge in [-0.05, 0) is 57.6 Å². The molecule has 164 valence electrons. The lowest BCUT2D eigenvalue weighted by atomic mass is 9.57. The number of halogens is 1. The van der Waals surface area contributed by atoms with Gasteiger partial charge in [0.15, 0.2) is 0 Å². The molecule has 3 aliphatic rings. The van der Waals surface area contributed by atoms with E-state index >= 15 is 0 Å². The van der Waals surface area contributed by atoms with Gasteiger partial charge in [0.2, 0.25) is 0 Å². The highest BCUT2D eigenvalue weighted by molar-refractivity contribution is 6.38. The van der Waals surface area contributed by atoms with E-state index in [2.05, 4.69) is 5.32 Å². The Balaban J connectivity index is 1.56. The van der Waals surface area contributed by atoms with E-state index in [1.165, 1.54) is 0 Å². The van der Waals surface area contributed by atoms with Crippen LogP contribution >= 0.6 is 11.6 Å². The molecule has 0 unspecified atom stereocenters. The van der Waals surface area contributed by atoms with Gasteiger partial charge in [0, 0.05) is 16.5 Å². The second kappa shape index (κ2) is 7.59. The Kier molecular flexibility index (Phi) is 4.97. The number of carboxylic acids is 1. The fourth-order valence-corrected chi connectivity index (χ4v) is 5.70. The molecule has 0 saturated heterocycles. The fourth-order valence-electron chi connectivity index (χ4n) is 5.36. The summed E-state index contributed by atoms with van der Waals surface area (Å²) >= 11 is 6.85. The van der Waals surface area contributed by atoms with Crippen LogP contribution in [0.4, 0.5) is 0 Å². The predicted molar refractivity (Wildman–Crippen MR) is 125 cm³/mol. The molecule has 0 atom stereocenters. The summed E-state index contributed by atoms with van der Waals surface area (Å²) in [5.74, 6) is -0.918. The number of carboxylic acid groups (broad SMARTS) is 1. The van der Waals surface area contributed by atoms with Crippen LogP contribution < -0.4 is 5.32 Å². The Labute approximate surface area is 191 Å². The van der Waals surface area contributed by atoms with Gasteiger partial charge in [-0.15, -0.1) is 0 Å². The molecule has 3 saturated carbocycles. The van der Waals surface area contributed by atoms with Crippen molar-refractivity contribution < 1.29 is 14.7 Å². The molecule has 5 nitrogen and oxygen atoms in total. The second-order valence-electron chi connectivity index (χ2n) is 9.36. The number of hydrogen-bond acceptors (Lipinski definition) is 3. The molecule has 3 aliphatic carbocycles. The van der Waals surface area contributed by atoms with Crippen molar-refractivity contribution in [2.75, 3.05) is 0 Å². The third-order valence-corrected chi connectivity index (χ3v) is 7.80. The van der Waals surface area contributed by atoms with Crippen LogP contribution in [0.5, 0.6) is 0 Å². The van der Waals surface area contributed by atoms with Crippen molar-refractivity contribution in [2.45, 2.75) is 51.0 Å². The van der Waals surface area contributed by atoms with Crippen LogP contribution in [0.1, 0.15) is 54.4 Å². The van der Waals surface area contributed by atoms with E-state index in [1.54, 1.807) is 0 Å². The highest BCUT2D eigenvalue weighted by atomic mass is 35.5. The molecule has 3 fully saturated rings. The first-order valence-electron chi connectivity index (χ1n) is 11.0. The van der Waals surface area contributed by atoms with Crippen molar-refractivity contribution in [3.05, 3.63) is 64.7 Å². The highest BCUT2D eigenvalue weighted by Gasteiger charge is 2.53. The molecule has 1 aromatic heterocycles. The number of pyridine rings is 1. The smallest absolute Gasteiger partial charge is 0.309 e. The van der Waals surface area contributed by atoms with E-state index < -0.39 is 11.4 Å². The molecule has 0 spiro atoms. The maximum atomic E-state index is 13.7. The zero-order chi connectivity index (χ0) is 22.5. The summed E-state index contributed by atoms with van der Waals surface area (Å²) in [4.78, 5) is 30.2. The summed E-state index contributed by atoms with van der Waals surface area (Å²) in [6.07, 6.45) is 3.83. The molecule has 32 heavy (non-hydrogen) atoms. The summed E-state index contributed by atoms with van der Waals surface area (Å²) in [6, 6.07) is 15.5. The van der Waals surface area contributed by atoms with Gasteiger partial charge < -0.3 is 10.4 Å². The number of carbonyl (C=O) groups is 2. The first-order chi connectivity index (χ1) is 15.3. The topological polar surface area (TPSA) is 79.3 Å². The number of carbonyl (C=O) groups excluding carboxylic acids is 1. The lowest BCUT2D eigenvalue weighted by Crippen LogP contribution is -2.58. The molecule has 0 radical (unpaired) electrons. The van der Waals surface area contributed by atoms with Crippen LogP contribution in [0.2, 0.25) is 5.02 Å². The minimum atomic E-state index is -0.705. The number of aryl methyl sites for hydroxylation is 1. The van der Waals surface area contributed by atoms with Crippen molar-refractivity contribution in [1.82, 2.24) is 10.3 Å². The van der Waals surface area contributed by atoms with Gasteiger partial charge in [-0.1, -0.05) is 53.6 Å². The summed E-state index contributed by atoms with van der Waals surface area (Å²) in [5, 5.41) is 14.0. The van der Waals surface area contributed by atoms with Crippen molar-refractivity contribution in [3.8, 4) is 11.3 Å². The fraction of sp³-hybridized carbons (Fsp3) is 0.346. The van der Waals surface area contributed by atoms with Gasteiger partial charge in [-0.2, -0.15) is 0 Å². The molecule has 1 amide bonds. The molecule has 6 rings (SSSR count). The Morgan fingerprint density at radius 2 is 1.66 bits per heavy atom. The molecule has 0 aliphatic heterocycles. The van der Waals surface area contributed by atoms with Gasteiger partial charge in [0.1, 0.15) is 0 Å². The van der Waals surface area contributed by atoms with E-state index in [9.17, 15) is 14.7 Å². The number of hydrogen-bond donors (Lipinski definition) is 2. The van der Waals surface area contributed by atoms with Gasteiger partial charge in [0.05, 0.1) is 27.2 Å². The molecular formula is C26H25ClN2O3.